The Hall–Kier alpha value is -2.10. The minimum atomic E-state index is 0.493. The summed E-state index contributed by atoms with van der Waals surface area (Å²) in [5, 5.41) is 17.7. The van der Waals surface area contributed by atoms with Gasteiger partial charge in [-0.2, -0.15) is 5.21 Å². The first-order chi connectivity index (χ1) is 12.1. The first-order valence-corrected chi connectivity index (χ1v) is 9.15. The highest BCUT2D eigenvalue weighted by atomic mass is 32.2. The zero-order chi connectivity index (χ0) is 17.8. The van der Waals surface area contributed by atoms with E-state index in [1.165, 1.54) is 0 Å². The summed E-state index contributed by atoms with van der Waals surface area (Å²) in [6, 6.07) is 7.86. The van der Waals surface area contributed by atoms with E-state index in [9.17, 15) is 0 Å². The van der Waals surface area contributed by atoms with E-state index in [-0.39, 0.29) is 0 Å². The molecule has 0 bridgehead atoms. The molecule has 0 saturated heterocycles. The van der Waals surface area contributed by atoms with Crippen LogP contribution in [-0.4, -0.2) is 45.0 Å². The third-order valence-electron chi connectivity index (χ3n) is 3.72. The first kappa shape index (κ1) is 17.7. The van der Waals surface area contributed by atoms with Crippen LogP contribution in [-0.2, 0) is 0 Å². The minimum absolute atomic E-state index is 0.493. The van der Waals surface area contributed by atoms with Gasteiger partial charge in [0.2, 0.25) is 5.82 Å². The van der Waals surface area contributed by atoms with Crippen LogP contribution in [0.1, 0.15) is 5.69 Å². The van der Waals surface area contributed by atoms with Crippen molar-refractivity contribution in [2.24, 2.45) is 0 Å². The number of aromatic nitrogens is 5. The van der Waals surface area contributed by atoms with Gasteiger partial charge >= 0.3 is 0 Å². The maximum absolute atomic E-state index is 5.79. The summed E-state index contributed by atoms with van der Waals surface area (Å²) >= 11 is 6.50. The molecule has 4 N–H and O–H groups in total. The normalized spacial score (nSPS) is 11.0. The molecule has 2 heterocycles. The van der Waals surface area contributed by atoms with Gasteiger partial charge in [0.25, 0.3) is 0 Å². The van der Waals surface area contributed by atoms with Crippen molar-refractivity contribution in [2.75, 3.05) is 25.1 Å². The summed E-state index contributed by atoms with van der Waals surface area (Å²) in [5.41, 5.74) is 9.38. The Balaban J connectivity index is 2.13. The lowest BCUT2D eigenvalue weighted by Crippen LogP contribution is -2.09. The summed E-state index contributed by atoms with van der Waals surface area (Å²) < 4.78 is 0. The Morgan fingerprint density at radius 1 is 1.24 bits per heavy atom. The fourth-order valence-corrected chi connectivity index (χ4v) is 3.95. The molecule has 2 aromatic heterocycles. The molecule has 9 heteroatoms. The van der Waals surface area contributed by atoms with Gasteiger partial charge in [0.15, 0.2) is 0 Å². The van der Waals surface area contributed by atoms with E-state index < -0.39 is 0 Å². The van der Waals surface area contributed by atoms with E-state index in [1.54, 1.807) is 17.8 Å². The van der Waals surface area contributed by atoms with Crippen molar-refractivity contribution >= 4 is 30.2 Å². The largest absolute Gasteiger partial charge is 0.384 e. The van der Waals surface area contributed by atoms with Gasteiger partial charge in [-0.3, -0.25) is 0 Å². The molecule has 3 aromatic rings. The maximum Gasteiger partial charge on any atom is 0.206 e. The molecule has 130 valence electrons. The second kappa shape index (κ2) is 7.85. The number of hydrogen-bond donors (Lipinski definition) is 4. The number of tetrazole rings is 1. The Morgan fingerprint density at radius 2 is 2.04 bits per heavy atom. The molecule has 0 aliphatic carbocycles. The minimum Gasteiger partial charge on any atom is -0.384 e. The van der Waals surface area contributed by atoms with Crippen LogP contribution in [0.4, 0.5) is 5.82 Å². The number of anilines is 1. The van der Waals surface area contributed by atoms with E-state index >= 15 is 0 Å². The number of nitrogen functional groups attached to an aromatic ring is 1. The van der Waals surface area contributed by atoms with Gasteiger partial charge in [-0.15, -0.1) is 34.6 Å². The molecule has 1 aromatic carbocycles. The van der Waals surface area contributed by atoms with Gasteiger partial charge in [0, 0.05) is 38.9 Å². The number of H-pyrrole nitrogens is 1. The Bertz CT molecular complexity index is 865. The van der Waals surface area contributed by atoms with Crippen LogP contribution < -0.4 is 11.1 Å². The molecule has 0 unspecified atom stereocenters. The standard InChI is InChI=1S/C16H19N7S2/c1-9-10(4-6-13(17)19-9)11-3-5-12(25-8-7-18-2)15(24)14(11)16-20-22-23-21-16/h3-6,18,24H,7-8H2,1-2H3,(H2,17,19)(H,20,21,22,23). The number of nitrogens with one attached hydrogen (secondary N) is 2. The maximum atomic E-state index is 5.79. The van der Waals surface area contributed by atoms with Crippen LogP contribution in [0.5, 0.6) is 0 Å². The number of nitrogens with zero attached hydrogens (tertiary/aromatic N) is 4. The van der Waals surface area contributed by atoms with E-state index in [1.807, 2.05) is 26.1 Å². The van der Waals surface area contributed by atoms with Gasteiger partial charge in [-0.05, 0) is 42.9 Å². The average Bonchev–Trinajstić information content (AvgIpc) is 3.10. The second-order valence-electron chi connectivity index (χ2n) is 5.39. The molecule has 7 nitrogen and oxygen atoms in total. The van der Waals surface area contributed by atoms with Crippen LogP contribution in [0.15, 0.2) is 34.1 Å². The number of aryl methyl sites for hydroxylation is 1. The lowest BCUT2D eigenvalue weighted by atomic mass is 9.98. The number of pyridine rings is 1. The van der Waals surface area contributed by atoms with Crippen molar-refractivity contribution < 1.29 is 0 Å². The molecule has 3 rings (SSSR count). The van der Waals surface area contributed by atoms with Crippen LogP contribution in [0.3, 0.4) is 0 Å². The van der Waals surface area contributed by atoms with Crippen molar-refractivity contribution in [2.45, 2.75) is 16.7 Å². The van der Waals surface area contributed by atoms with Crippen LogP contribution in [0.25, 0.3) is 22.5 Å². The fourth-order valence-electron chi connectivity index (χ4n) is 2.54. The highest BCUT2D eigenvalue weighted by molar-refractivity contribution is 7.99. The average molecular weight is 374 g/mol. The number of rotatable bonds is 6. The summed E-state index contributed by atoms with van der Waals surface area (Å²) in [5.74, 6) is 1.94. The van der Waals surface area contributed by atoms with E-state index in [2.05, 4.69) is 37.0 Å². The summed E-state index contributed by atoms with van der Waals surface area (Å²) in [7, 11) is 1.94. The molecule has 0 amide bonds. The molecule has 0 aliphatic heterocycles. The fraction of sp³-hybridized carbons (Fsp3) is 0.250. The molecular weight excluding hydrogens is 354 g/mol. The molecular formula is C16H19N7S2. The third-order valence-corrected chi connectivity index (χ3v) is 5.39. The SMILES string of the molecule is CNCCSc1ccc(-c2ccc(N)nc2C)c(-c2nn[nH]n2)c1S. The molecule has 0 fully saturated rings. The zero-order valence-electron chi connectivity index (χ0n) is 13.9. The van der Waals surface area contributed by atoms with Gasteiger partial charge in [-0.1, -0.05) is 6.07 Å². The number of thioether (sulfide) groups is 1. The van der Waals surface area contributed by atoms with Crippen molar-refractivity contribution in [3.63, 3.8) is 0 Å². The highest BCUT2D eigenvalue weighted by Gasteiger charge is 2.19. The highest BCUT2D eigenvalue weighted by Crippen LogP contribution is 2.40. The predicted molar refractivity (Wildman–Crippen MR) is 104 cm³/mol. The van der Waals surface area contributed by atoms with Crippen molar-refractivity contribution in [3.8, 4) is 22.5 Å². The predicted octanol–water partition coefficient (Wildman–Crippen LogP) is 2.42. The Kier molecular flexibility index (Phi) is 5.57. The summed E-state index contributed by atoms with van der Waals surface area (Å²) in [4.78, 5) is 6.26. The Morgan fingerprint density at radius 3 is 2.72 bits per heavy atom. The van der Waals surface area contributed by atoms with E-state index in [0.29, 0.717) is 11.6 Å². The number of benzene rings is 1. The van der Waals surface area contributed by atoms with Crippen molar-refractivity contribution in [1.82, 2.24) is 30.9 Å². The number of thiol groups is 1. The van der Waals surface area contributed by atoms with Crippen molar-refractivity contribution in [3.05, 3.63) is 30.0 Å². The summed E-state index contributed by atoms with van der Waals surface area (Å²) in [6.07, 6.45) is 0. The topological polar surface area (TPSA) is 105 Å². The van der Waals surface area contributed by atoms with Crippen LogP contribution in [0.2, 0.25) is 0 Å². The summed E-state index contributed by atoms with van der Waals surface area (Å²) in [6.45, 7) is 2.84. The van der Waals surface area contributed by atoms with Gasteiger partial charge in [0.05, 0.1) is 0 Å². The van der Waals surface area contributed by atoms with Gasteiger partial charge in [0.1, 0.15) is 5.82 Å². The molecule has 0 spiro atoms. The van der Waals surface area contributed by atoms with Crippen LogP contribution in [0, 0.1) is 6.92 Å². The van der Waals surface area contributed by atoms with Crippen LogP contribution >= 0.6 is 24.4 Å². The lowest BCUT2D eigenvalue weighted by molar-refractivity contribution is 0.871. The number of nitrogens with two attached hydrogens (primary N) is 1. The second-order valence-corrected chi connectivity index (χ2v) is 6.98. The molecule has 0 atom stereocenters. The molecule has 0 radical (unpaired) electrons. The van der Waals surface area contributed by atoms with Crippen molar-refractivity contribution in [1.29, 1.82) is 0 Å². The smallest absolute Gasteiger partial charge is 0.206 e. The number of hydrogen-bond acceptors (Lipinski definition) is 8. The monoisotopic (exact) mass is 373 g/mol. The third kappa shape index (κ3) is 3.78. The number of aromatic amines is 1. The lowest BCUT2D eigenvalue weighted by Gasteiger charge is -2.15. The molecule has 25 heavy (non-hydrogen) atoms. The van der Waals surface area contributed by atoms with Gasteiger partial charge in [-0.25, -0.2) is 4.98 Å². The first-order valence-electron chi connectivity index (χ1n) is 7.72. The van der Waals surface area contributed by atoms with Gasteiger partial charge < -0.3 is 11.1 Å². The molecule has 0 saturated carbocycles. The van der Waals surface area contributed by atoms with E-state index in [0.717, 1.165) is 44.5 Å². The molecule has 0 aliphatic rings. The van der Waals surface area contributed by atoms with E-state index in [4.69, 9.17) is 18.4 Å². The zero-order valence-corrected chi connectivity index (χ0v) is 15.7. The quantitative estimate of drug-likeness (QED) is 0.299. The Labute approximate surface area is 155 Å².